The van der Waals surface area contributed by atoms with Crippen molar-refractivity contribution in [2.75, 3.05) is 18.6 Å². The Labute approximate surface area is 186 Å². The van der Waals surface area contributed by atoms with Gasteiger partial charge in [-0.3, -0.25) is 4.79 Å². The lowest BCUT2D eigenvalue weighted by atomic mass is 10.1. The Morgan fingerprint density at radius 2 is 1.97 bits per heavy atom. The minimum Gasteiger partial charge on any atom is -0.493 e. The monoisotopic (exact) mass is 443 g/mol. The normalized spacial score (nSPS) is 16.2. The molecule has 1 N–H and O–H groups in total. The summed E-state index contributed by atoms with van der Waals surface area (Å²) in [6, 6.07) is 14.5. The van der Waals surface area contributed by atoms with E-state index in [1.54, 1.807) is 42.3 Å². The van der Waals surface area contributed by atoms with Gasteiger partial charge in [0.2, 0.25) is 0 Å². The van der Waals surface area contributed by atoms with Crippen LogP contribution in [0.2, 0.25) is 5.02 Å². The number of nitrogens with zero attached hydrogens (tertiary/aromatic N) is 2. The van der Waals surface area contributed by atoms with E-state index in [4.69, 9.17) is 21.1 Å². The first-order chi connectivity index (χ1) is 14.5. The summed E-state index contributed by atoms with van der Waals surface area (Å²) in [5, 5.41) is 13.2. The highest BCUT2D eigenvalue weighted by molar-refractivity contribution is 7.84. The summed E-state index contributed by atoms with van der Waals surface area (Å²) in [5.41, 5.74) is 1.43. The molecule has 2 aromatic rings. The van der Waals surface area contributed by atoms with Gasteiger partial charge < -0.3 is 19.7 Å². The molecule has 0 bridgehead atoms. The summed E-state index contributed by atoms with van der Waals surface area (Å²) in [6.07, 6.45) is 1.33. The number of anilines is 1. The van der Waals surface area contributed by atoms with Gasteiger partial charge >= 0.3 is 0 Å². The molecule has 2 aromatic carbocycles. The molecule has 1 amide bonds. The number of ether oxygens (including phenoxy) is 2. The standard InChI is InChI=1S/C22H22ClN3O3S/c1-3-4-11-29-19-12-14(5-10-18(19)28-2)20-25-21(27)17(13-24)22(30)26(20)16-8-6-15(23)7-9-16/h5-10,12,20,30H,3-4,11H2,1-2H3,(H,25,27). The number of thiol groups is 1. The Bertz CT molecular complexity index is 1000. The van der Waals surface area contributed by atoms with Crippen LogP contribution in [0.3, 0.4) is 0 Å². The largest absolute Gasteiger partial charge is 0.493 e. The topological polar surface area (TPSA) is 74.6 Å². The van der Waals surface area contributed by atoms with Gasteiger partial charge in [-0.05, 0) is 48.4 Å². The van der Waals surface area contributed by atoms with Crippen molar-refractivity contribution in [1.82, 2.24) is 5.32 Å². The molecule has 1 heterocycles. The number of unbranched alkanes of at least 4 members (excludes halogenated alkanes) is 1. The van der Waals surface area contributed by atoms with Gasteiger partial charge in [-0.1, -0.05) is 31.0 Å². The van der Waals surface area contributed by atoms with Gasteiger partial charge in [0.05, 0.1) is 18.7 Å². The zero-order chi connectivity index (χ0) is 21.7. The van der Waals surface area contributed by atoms with Gasteiger partial charge in [0.15, 0.2) is 11.5 Å². The first kappa shape index (κ1) is 21.9. The van der Waals surface area contributed by atoms with Crippen molar-refractivity contribution >= 4 is 35.8 Å². The van der Waals surface area contributed by atoms with Gasteiger partial charge in [-0.15, -0.1) is 12.6 Å². The average molecular weight is 444 g/mol. The SMILES string of the molecule is CCCCOc1cc(C2NC(=O)C(C#N)=C(S)N2c2ccc(Cl)cc2)ccc1OC. The van der Waals surface area contributed by atoms with Crippen molar-refractivity contribution in [1.29, 1.82) is 5.26 Å². The Morgan fingerprint density at radius 3 is 2.60 bits per heavy atom. The van der Waals surface area contributed by atoms with E-state index in [-0.39, 0.29) is 10.6 Å². The van der Waals surface area contributed by atoms with Gasteiger partial charge in [-0.2, -0.15) is 5.26 Å². The Kier molecular flexibility index (Phi) is 7.14. The molecule has 1 atom stereocenters. The molecule has 3 rings (SSSR count). The van der Waals surface area contributed by atoms with E-state index < -0.39 is 12.1 Å². The van der Waals surface area contributed by atoms with E-state index in [2.05, 4.69) is 24.9 Å². The number of halogens is 1. The van der Waals surface area contributed by atoms with Gasteiger partial charge in [0, 0.05) is 10.7 Å². The third kappa shape index (κ3) is 4.50. The lowest BCUT2D eigenvalue weighted by Gasteiger charge is -2.38. The number of nitrogens with one attached hydrogen (secondary N) is 1. The number of nitriles is 1. The highest BCUT2D eigenvalue weighted by Gasteiger charge is 2.34. The summed E-state index contributed by atoms with van der Waals surface area (Å²) in [6.45, 7) is 2.65. The highest BCUT2D eigenvalue weighted by atomic mass is 35.5. The van der Waals surface area contributed by atoms with Crippen LogP contribution in [-0.4, -0.2) is 19.6 Å². The number of amides is 1. The minimum absolute atomic E-state index is 0.0579. The molecule has 30 heavy (non-hydrogen) atoms. The number of methoxy groups -OCH3 is 1. The Morgan fingerprint density at radius 1 is 1.23 bits per heavy atom. The molecule has 1 unspecified atom stereocenters. The van der Waals surface area contributed by atoms with Crippen LogP contribution in [0, 0.1) is 11.3 Å². The fraction of sp³-hybridized carbons (Fsp3) is 0.273. The second kappa shape index (κ2) is 9.79. The summed E-state index contributed by atoms with van der Waals surface area (Å²) >= 11 is 10.5. The number of hydrogen-bond donors (Lipinski definition) is 2. The van der Waals surface area contributed by atoms with E-state index in [0.717, 1.165) is 24.1 Å². The van der Waals surface area contributed by atoms with Gasteiger partial charge in [0.25, 0.3) is 5.91 Å². The highest BCUT2D eigenvalue weighted by Crippen LogP contribution is 2.38. The van der Waals surface area contributed by atoms with Crippen LogP contribution in [0.5, 0.6) is 11.5 Å². The van der Waals surface area contributed by atoms with Crippen molar-refractivity contribution < 1.29 is 14.3 Å². The first-order valence-corrected chi connectivity index (χ1v) is 10.3. The van der Waals surface area contributed by atoms with Crippen molar-refractivity contribution in [3.05, 3.63) is 63.7 Å². The molecule has 0 saturated carbocycles. The van der Waals surface area contributed by atoms with Crippen LogP contribution in [-0.2, 0) is 4.79 Å². The molecule has 0 spiro atoms. The smallest absolute Gasteiger partial charge is 0.266 e. The Hall–Kier alpha value is -2.82. The molecule has 0 saturated heterocycles. The van der Waals surface area contributed by atoms with Gasteiger partial charge in [0.1, 0.15) is 17.8 Å². The zero-order valence-electron chi connectivity index (χ0n) is 16.7. The first-order valence-electron chi connectivity index (χ1n) is 9.49. The van der Waals surface area contributed by atoms with Crippen LogP contribution < -0.4 is 19.7 Å². The predicted molar refractivity (Wildman–Crippen MR) is 120 cm³/mol. The zero-order valence-corrected chi connectivity index (χ0v) is 18.3. The molecule has 0 aromatic heterocycles. The Balaban J connectivity index is 2.07. The van der Waals surface area contributed by atoms with E-state index in [1.165, 1.54) is 0 Å². The molecule has 1 aliphatic heterocycles. The molecule has 156 valence electrons. The van der Waals surface area contributed by atoms with Gasteiger partial charge in [-0.25, -0.2) is 0 Å². The van der Waals surface area contributed by atoms with Crippen molar-refractivity contribution in [3.63, 3.8) is 0 Å². The molecule has 0 fully saturated rings. The van der Waals surface area contributed by atoms with E-state index in [1.807, 2.05) is 18.2 Å². The minimum atomic E-state index is -0.595. The van der Waals surface area contributed by atoms with Crippen molar-refractivity contribution in [2.45, 2.75) is 25.9 Å². The van der Waals surface area contributed by atoms with Crippen LogP contribution in [0.1, 0.15) is 31.5 Å². The number of rotatable bonds is 7. The summed E-state index contributed by atoms with van der Waals surface area (Å²) in [4.78, 5) is 14.3. The number of benzene rings is 2. The maximum atomic E-state index is 12.5. The van der Waals surface area contributed by atoms with Crippen LogP contribution in [0.4, 0.5) is 5.69 Å². The van der Waals surface area contributed by atoms with E-state index >= 15 is 0 Å². The maximum absolute atomic E-state index is 12.5. The quantitative estimate of drug-likeness (QED) is 0.473. The summed E-state index contributed by atoms with van der Waals surface area (Å²) in [5.74, 6) is 0.709. The summed E-state index contributed by atoms with van der Waals surface area (Å²) < 4.78 is 11.3. The van der Waals surface area contributed by atoms with Crippen LogP contribution in [0.15, 0.2) is 53.1 Å². The number of carbonyl (C=O) groups excluding carboxylic acids is 1. The van der Waals surface area contributed by atoms with Crippen LogP contribution in [0.25, 0.3) is 0 Å². The fourth-order valence-electron chi connectivity index (χ4n) is 3.11. The molecule has 1 aliphatic rings. The van der Waals surface area contributed by atoms with Crippen LogP contribution >= 0.6 is 24.2 Å². The number of hydrogen-bond acceptors (Lipinski definition) is 6. The average Bonchev–Trinajstić information content (AvgIpc) is 2.74. The number of carbonyl (C=O) groups is 1. The van der Waals surface area contributed by atoms with Crippen molar-refractivity contribution in [2.24, 2.45) is 0 Å². The molecule has 8 heteroatoms. The molecule has 0 radical (unpaired) electrons. The second-order valence-corrected chi connectivity index (χ2v) is 7.51. The third-order valence-electron chi connectivity index (χ3n) is 4.68. The third-order valence-corrected chi connectivity index (χ3v) is 5.37. The lowest BCUT2D eigenvalue weighted by Crippen LogP contribution is -2.46. The van der Waals surface area contributed by atoms with Crippen molar-refractivity contribution in [3.8, 4) is 17.6 Å². The lowest BCUT2D eigenvalue weighted by molar-refractivity contribution is -0.118. The molecule has 0 aliphatic carbocycles. The molecular formula is C22H22ClN3O3S. The second-order valence-electron chi connectivity index (χ2n) is 6.65. The molecule has 6 nitrogen and oxygen atoms in total. The fourth-order valence-corrected chi connectivity index (χ4v) is 3.62. The molecular weight excluding hydrogens is 422 g/mol. The summed E-state index contributed by atoms with van der Waals surface area (Å²) in [7, 11) is 1.58. The predicted octanol–water partition coefficient (Wildman–Crippen LogP) is 4.83. The van der Waals surface area contributed by atoms with E-state index in [0.29, 0.717) is 23.1 Å². The van der Waals surface area contributed by atoms with E-state index in [9.17, 15) is 10.1 Å². The maximum Gasteiger partial charge on any atom is 0.266 e.